The van der Waals surface area contributed by atoms with E-state index in [0.717, 1.165) is 26.2 Å². The summed E-state index contributed by atoms with van der Waals surface area (Å²) in [5, 5.41) is 3.28. The number of ketones is 1. The Labute approximate surface area is 122 Å². The van der Waals surface area contributed by atoms with Crippen LogP contribution in [0.1, 0.15) is 22.3 Å². The third kappa shape index (κ3) is 3.84. The Hall–Kier alpha value is -1.31. The van der Waals surface area contributed by atoms with Crippen LogP contribution in [0.15, 0.2) is 0 Å². The first-order valence-electron chi connectivity index (χ1n) is 6.65. The first kappa shape index (κ1) is 15.1. The Balaban J connectivity index is 1.88. The number of hydrogen-bond donors (Lipinski definition) is 1. The van der Waals surface area contributed by atoms with Gasteiger partial charge in [0.25, 0.3) is 0 Å². The van der Waals surface area contributed by atoms with Gasteiger partial charge in [-0.1, -0.05) is 11.3 Å². The number of carbonyl (C=O) groups excluding carboxylic acids is 2. The van der Waals surface area contributed by atoms with Crippen LogP contribution in [-0.4, -0.2) is 66.2 Å². The molecule has 7 heteroatoms. The molecule has 1 aromatic heterocycles. The van der Waals surface area contributed by atoms with E-state index in [1.54, 1.807) is 6.92 Å². The van der Waals surface area contributed by atoms with Crippen LogP contribution in [0.25, 0.3) is 0 Å². The van der Waals surface area contributed by atoms with Crippen LogP contribution in [0.3, 0.4) is 0 Å². The molecule has 0 unspecified atom stereocenters. The van der Waals surface area contributed by atoms with Crippen LogP contribution in [0, 0.1) is 6.92 Å². The molecule has 1 fully saturated rings. The van der Waals surface area contributed by atoms with Gasteiger partial charge in [0.2, 0.25) is 5.91 Å². The van der Waals surface area contributed by atoms with Crippen molar-refractivity contribution >= 4 is 28.2 Å². The van der Waals surface area contributed by atoms with Gasteiger partial charge in [0.1, 0.15) is 0 Å². The summed E-state index contributed by atoms with van der Waals surface area (Å²) in [5.41, 5.74) is 0.678. The van der Waals surface area contributed by atoms with E-state index < -0.39 is 0 Å². The van der Waals surface area contributed by atoms with Gasteiger partial charge in [-0.3, -0.25) is 14.5 Å². The number of anilines is 1. The van der Waals surface area contributed by atoms with E-state index in [4.69, 9.17) is 0 Å². The molecular formula is C13H20N4O2S. The largest absolute Gasteiger partial charge is 0.304 e. The molecule has 1 N–H and O–H groups in total. The average Bonchev–Trinajstić information content (AvgIpc) is 2.73. The lowest BCUT2D eigenvalue weighted by Gasteiger charge is -2.31. The van der Waals surface area contributed by atoms with Crippen LogP contribution in [0.2, 0.25) is 0 Å². The van der Waals surface area contributed by atoms with Crippen molar-refractivity contribution in [2.75, 3.05) is 45.1 Å². The van der Waals surface area contributed by atoms with Gasteiger partial charge in [0.15, 0.2) is 10.9 Å². The number of aromatic nitrogens is 1. The first-order chi connectivity index (χ1) is 9.45. The number of piperazine rings is 1. The Bertz CT molecular complexity index is 506. The number of likely N-dealkylation sites (N-methyl/N-ethyl adjacent to an activating group) is 1. The summed E-state index contributed by atoms with van der Waals surface area (Å²) < 4.78 is 0. The molecule has 1 aromatic rings. The fourth-order valence-electron chi connectivity index (χ4n) is 2.14. The van der Waals surface area contributed by atoms with Gasteiger partial charge in [-0.15, -0.1) is 0 Å². The molecule has 0 atom stereocenters. The van der Waals surface area contributed by atoms with Crippen LogP contribution in [0.4, 0.5) is 5.13 Å². The zero-order chi connectivity index (χ0) is 14.7. The van der Waals surface area contributed by atoms with E-state index in [-0.39, 0.29) is 11.7 Å². The minimum absolute atomic E-state index is 0.0143. The molecule has 2 heterocycles. The number of rotatable bonds is 4. The summed E-state index contributed by atoms with van der Waals surface area (Å²) in [6, 6.07) is 0. The normalized spacial score (nSPS) is 17.1. The molecule has 0 spiro atoms. The topological polar surface area (TPSA) is 65.5 Å². The van der Waals surface area contributed by atoms with E-state index in [2.05, 4.69) is 27.1 Å². The predicted molar refractivity (Wildman–Crippen MR) is 79.4 cm³/mol. The molecule has 1 aliphatic heterocycles. The van der Waals surface area contributed by atoms with Gasteiger partial charge in [-0.05, 0) is 14.0 Å². The maximum atomic E-state index is 12.0. The zero-order valence-corrected chi connectivity index (χ0v) is 12.9. The summed E-state index contributed by atoms with van der Waals surface area (Å²) in [4.78, 5) is 32.5. The second-order valence-electron chi connectivity index (χ2n) is 5.12. The lowest BCUT2D eigenvalue weighted by Crippen LogP contribution is -2.47. The Morgan fingerprint density at radius 2 is 1.95 bits per heavy atom. The molecule has 0 radical (unpaired) electrons. The average molecular weight is 296 g/mol. The van der Waals surface area contributed by atoms with E-state index in [9.17, 15) is 9.59 Å². The van der Waals surface area contributed by atoms with Gasteiger partial charge < -0.3 is 10.2 Å². The Morgan fingerprint density at radius 3 is 2.50 bits per heavy atom. The maximum Gasteiger partial charge on any atom is 0.240 e. The Kier molecular flexibility index (Phi) is 4.85. The fraction of sp³-hybridized carbons (Fsp3) is 0.615. The number of thiazole rings is 1. The molecule has 6 nitrogen and oxygen atoms in total. The molecule has 2 rings (SSSR count). The van der Waals surface area contributed by atoms with Crippen molar-refractivity contribution in [3.63, 3.8) is 0 Å². The number of aryl methyl sites for hydroxylation is 1. The minimum Gasteiger partial charge on any atom is -0.304 e. The molecular weight excluding hydrogens is 276 g/mol. The Morgan fingerprint density at radius 1 is 1.30 bits per heavy atom. The van der Waals surface area contributed by atoms with Crippen LogP contribution < -0.4 is 5.32 Å². The summed E-state index contributed by atoms with van der Waals surface area (Å²) in [6.45, 7) is 7.44. The number of hydrogen-bond acceptors (Lipinski definition) is 6. The molecule has 1 saturated heterocycles. The number of amides is 1. The van der Waals surface area contributed by atoms with Crippen LogP contribution >= 0.6 is 11.3 Å². The molecule has 0 aliphatic carbocycles. The third-order valence-corrected chi connectivity index (χ3v) is 4.50. The van der Waals surface area contributed by atoms with Crippen molar-refractivity contribution in [2.24, 2.45) is 0 Å². The summed E-state index contributed by atoms with van der Waals surface area (Å²) in [7, 11) is 2.08. The highest BCUT2D eigenvalue weighted by molar-refractivity contribution is 7.17. The van der Waals surface area contributed by atoms with Crippen molar-refractivity contribution < 1.29 is 9.59 Å². The molecule has 20 heavy (non-hydrogen) atoms. The van der Waals surface area contributed by atoms with E-state index in [1.165, 1.54) is 18.3 Å². The summed E-state index contributed by atoms with van der Waals surface area (Å²) in [5.74, 6) is -0.0852. The monoisotopic (exact) mass is 296 g/mol. The number of nitrogens with zero attached hydrogens (tertiary/aromatic N) is 3. The number of carbonyl (C=O) groups is 2. The first-order valence-corrected chi connectivity index (χ1v) is 7.46. The minimum atomic E-state index is -0.0709. The molecule has 1 amide bonds. The van der Waals surface area contributed by atoms with Gasteiger partial charge in [-0.25, -0.2) is 4.98 Å². The lowest BCUT2D eigenvalue weighted by molar-refractivity contribution is -0.117. The van der Waals surface area contributed by atoms with Crippen molar-refractivity contribution in [1.82, 2.24) is 14.8 Å². The predicted octanol–water partition coefficient (Wildman–Crippen LogP) is 0.840. The SMILES string of the molecule is CC(=O)c1sc(NC(=O)CN2CCN(C)CC2)nc1C. The van der Waals surface area contributed by atoms with E-state index >= 15 is 0 Å². The van der Waals surface area contributed by atoms with Gasteiger partial charge in [-0.2, -0.15) is 0 Å². The molecule has 0 aromatic carbocycles. The quantitative estimate of drug-likeness (QED) is 0.834. The summed E-state index contributed by atoms with van der Waals surface area (Å²) >= 11 is 1.24. The standard InChI is InChI=1S/C13H20N4O2S/c1-9-12(10(2)18)20-13(14-9)15-11(19)8-17-6-4-16(3)5-7-17/h4-8H2,1-3H3,(H,14,15,19). The molecule has 0 bridgehead atoms. The van der Waals surface area contributed by atoms with Crippen molar-refractivity contribution in [1.29, 1.82) is 0 Å². The van der Waals surface area contributed by atoms with Gasteiger partial charge in [0, 0.05) is 33.1 Å². The highest BCUT2D eigenvalue weighted by Gasteiger charge is 2.18. The molecule has 110 valence electrons. The van der Waals surface area contributed by atoms with E-state index in [1.807, 2.05) is 0 Å². The third-order valence-electron chi connectivity index (χ3n) is 3.33. The van der Waals surface area contributed by atoms with Crippen molar-refractivity contribution in [2.45, 2.75) is 13.8 Å². The smallest absolute Gasteiger partial charge is 0.240 e. The molecule has 0 saturated carbocycles. The molecule has 1 aliphatic rings. The number of Topliss-reactive ketones (excluding diaryl/α,β-unsaturated/α-hetero) is 1. The lowest BCUT2D eigenvalue weighted by atomic mass is 10.3. The van der Waals surface area contributed by atoms with Crippen LogP contribution in [0.5, 0.6) is 0 Å². The fourth-order valence-corrected chi connectivity index (χ4v) is 3.02. The van der Waals surface area contributed by atoms with E-state index in [0.29, 0.717) is 22.2 Å². The van der Waals surface area contributed by atoms with Gasteiger partial charge >= 0.3 is 0 Å². The maximum absolute atomic E-state index is 12.0. The zero-order valence-electron chi connectivity index (χ0n) is 12.1. The van der Waals surface area contributed by atoms with Crippen molar-refractivity contribution in [3.05, 3.63) is 10.6 Å². The van der Waals surface area contributed by atoms with Crippen LogP contribution in [-0.2, 0) is 4.79 Å². The summed E-state index contributed by atoms with van der Waals surface area (Å²) in [6.07, 6.45) is 0. The second-order valence-corrected chi connectivity index (χ2v) is 6.12. The van der Waals surface area contributed by atoms with Gasteiger partial charge in [0.05, 0.1) is 17.1 Å². The van der Waals surface area contributed by atoms with Crippen molar-refractivity contribution in [3.8, 4) is 0 Å². The number of nitrogens with one attached hydrogen (secondary N) is 1. The second kappa shape index (κ2) is 6.43. The highest BCUT2D eigenvalue weighted by atomic mass is 32.1. The highest BCUT2D eigenvalue weighted by Crippen LogP contribution is 2.22.